The standard InChI is InChI=1S/C9H16O5/c1-8-2-4-9(5-3-8)13-11-6-10-7-12-14-9/h8H,2-7H2,1H3. The van der Waals surface area contributed by atoms with Gasteiger partial charge in [-0.2, -0.15) is 9.78 Å². The lowest BCUT2D eigenvalue weighted by Gasteiger charge is -2.36. The van der Waals surface area contributed by atoms with Crippen LogP contribution in [0, 0.1) is 5.92 Å². The third kappa shape index (κ3) is 2.43. The highest BCUT2D eigenvalue weighted by Gasteiger charge is 2.40. The van der Waals surface area contributed by atoms with Crippen molar-refractivity contribution in [3.63, 3.8) is 0 Å². The first-order chi connectivity index (χ1) is 6.81. The molecule has 1 saturated heterocycles. The Balaban J connectivity index is 1.91. The van der Waals surface area contributed by atoms with E-state index >= 15 is 0 Å². The smallest absolute Gasteiger partial charge is 0.234 e. The number of ether oxygens (including phenoxy) is 1. The van der Waals surface area contributed by atoms with Gasteiger partial charge < -0.3 is 4.74 Å². The van der Waals surface area contributed by atoms with Gasteiger partial charge in [0.05, 0.1) is 0 Å². The largest absolute Gasteiger partial charge is 0.323 e. The van der Waals surface area contributed by atoms with Crippen molar-refractivity contribution < 1.29 is 24.3 Å². The minimum Gasteiger partial charge on any atom is -0.323 e. The Morgan fingerprint density at radius 1 is 1.00 bits per heavy atom. The number of rotatable bonds is 0. The molecular formula is C9H16O5. The topological polar surface area (TPSA) is 46.2 Å². The van der Waals surface area contributed by atoms with Gasteiger partial charge in [-0.3, -0.25) is 0 Å². The van der Waals surface area contributed by atoms with Crippen LogP contribution in [-0.4, -0.2) is 19.4 Å². The van der Waals surface area contributed by atoms with Crippen LogP contribution >= 0.6 is 0 Å². The lowest BCUT2D eigenvalue weighted by Crippen LogP contribution is -2.41. The second-order valence-corrected chi connectivity index (χ2v) is 3.94. The predicted molar refractivity (Wildman–Crippen MR) is 45.5 cm³/mol. The summed E-state index contributed by atoms with van der Waals surface area (Å²) in [5, 5.41) is 0. The Morgan fingerprint density at radius 2 is 1.57 bits per heavy atom. The van der Waals surface area contributed by atoms with Crippen molar-refractivity contribution in [1.82, 2.24) is 0 Å². The average Bonchev–Trinajstić information content (AvgIpc) is 2.16. The maximum absolute atomic E-state index is 5.19. The van der Waals surface area contributed by atoms with Gasteiger partial charge in [-0.15, -0.1) is 0 Å². The van der Waals surface area contributed by atoms with Crippen LogP contribution in [0.3, 0.4) is 0 Å². The van der Waals surface area contributed by atoms with E-state index in [2.05, 4.69) is 6.92 Å². The summed E-state index contributed by atoms with van der Waals surface area (Å²) in [5.41, 5.74) is 0. The second-order valence-electron chi connectivity index (χ2n) is 3.94. The Bertz CT molecular complexity index is 159. The molecule has 5 nitrogen and oxygen atoms in total. The summed E-state index contributed by atoms with van der Waals surface area (Å²) in [6.45, 7) is 2.39. The molecule has 1 heterocycles. The second kappa shape index (κ2) is 4.55. The Hall–Kier alpha value is -0.200. The van der Waals surface area contributed by atoms with Gasteiger partial charge in [0.15, 0.2) is 13.6 Å². The first-order valence-corrected chi connectivity index (χ1v) is 5.00. The van der Waals surface area contributed by atoms with E-state index in [-0.39, 0.29) is 13.6 Å². The van der Waals surface area contributed by atoms with Gasteiger partial charge in [-0.25, -0.2) is 9.78 Å². The van der Waals surface area contributed by atoms with E-state index in [1.165, 1.54) is 0 Å². The van der Waals surface area contributed by atoms with Gasteiger partial charge in [-0.1, -0.05) is 6.92 Å². The molecule has 5 heteroatoms. The van der Waals surface area contributed by atoms with E-state index in [1.807, 2.05) is 0 Å². The van der Waals surface area contributed by atoms with Crippen LogP contribution in [-0.2, 0) is 24.3 Å². The highest BCUT2D eigenvalue weighted by atomic mass is 17.3. The van der Waals surface area contributed by atoms with Gasteiger partial charge in [0.25, 0.3) is 0 Å². The molecule has 0 unspecified atom stereocenters. The van der Waals surface area contributed by atoms with Crippen LogP contribution < -0.4 is 0 Å². The highest BCUT2D eigenvalue weighted by Crippen LogP contribution is 2.36. The molecule has 82 valence electrons. The van der Waals surface area contributed by atoms with E-state index in [0.29, 0.717) is 0 Å². The SMILES string of the molecule is CC1CCC2(CC1)OOCOCOO2. The molecule has 1 saturated carbocycles. The monoisotopic (exact) mass is 204 g/mol. The van der Waals surface area contributed by atoms with Crippen molar-refractivity contribution >= 4 is 0 Å². The molecule has 0 N–H and O–H groups in total. The van der Waals surface area contributed by atoms with Gasteiger partial charge in [-0.05, 0) is 18.8 Å². The normalized spacial score (nSPS) is 29.8. The quantitative estimate of drug-likeness (QED) is 0.562. The summed E-state index contributed by atoms with van der Waals surface area (Å²) in [7, 11) is 0. The van der Waals surface area contributed by atoms with E-state index in [4.69, 9.17) is 24.3 Å². The first kappa shape index (κ1) is 10.3. The molecule has 1 aliphatic heterocycles. The number of hydrogen-bond acceptors (Lipinski definition) is 5. The van der Waals surface area contributed by atoms with Crippen molar-refractivity contribution in [3.05, 3.63) is 0 Å². The molecule has 0 aromatic rings. The van der Waals surface area contributed by atoms with Gasteiger partial charge in [0, 0.05) is 12.8 Å². The zero-order valence-corrected chi connectivity index (χ0v) is 8.36. The Kier molecular flexibility index (Phi) is 3.35. The minimum absolute atomic E-state index is 0.0840. The molecule has 2 rings (SSSR count). The van der Waals surface area contributed by atoms with Crippen molar-refractivity contribution in [1.29, 1.82) is 0 Å². The molecule has 2 fully saturated rings. The van der Waals surface area contributed by atoms with Crippen molar-refractivity contribution in [2.24, 2.45) is 5.92 Å². The molecular weight excluding hydrogens is 188 g/mol. The van der Waals surface area contributed by atoms with Crippen LogP contribution in [0.25, 0.3) is 0 Å². The maximum Gasteiger partial charge on any atom is 0.234 e. The third-order valence-corrected chi connectivity index (χ3v) is 2.72. The van der Waals surface area contributed by atoms with Crippen molar-refractivity contribution in [3.8, 4) is 0 Å². The fraction of sp³-hybridized carbons (Fsp3) is 1.00. The zero-order chi connectivity index (χ0) is 9.86. The van der Waals surface area contributed by atoms with Crippen LogP contribution in [0.1, 0.15) is 32.6 Å². The summed E-state index contributed by atoms with van der Waals surface area (Å²) in [5.74, 6) is 0.00513. The molecule has 1 aliphatic carbocycles. The van der Waals surface area contributed by atoms with Crippen molar-refractivity contribution in [2.45, 2.75) is 38.4 Å². The molecule has 1 spiro atoms. The summed E-state index contributed by atoms with van der Waals surface area (Å²) in [6, 6.07) is 0. The molecule has 0 atom stereocenters. The van der Waals surface area contributed by atoms with Crippen LogP contribution in [0.4, 0.5) is 0 Å². The van der Waals surface area contributed by atoms with Crippen LogP contribution in [0.15, 0.2) is 0 Å². The molecule has 0 aromatic heterocycles. The minimum atomic E-state index is -0.712. The molecule has 2 aliphatic rings. The van der Waals surface area contributed by atoms with Gasteiger partial charge in [0.1, 0.15) is 0 Å². The highest BCUT2D eigenvalue weighted by molar-refractivity contribution is 4.76. The molecule has 0 amide bonds. The maximum atomic E-state index is 5.19. The zero-order valence-electron chi connectivity index (χ0n) is 8.36. The predicted octanol–water partition coefficient (Wildman–Crippen LogP) is 1.73. The summed E-state index contributed by atoms with van der Waals surface area (Å²) < 4.78 is 4.84. The first-order valence-electron chi connectivity index (χ1n) is 5.00. The lowest BCUT2D eigenvalue weighted by atomic mass is 9.86. The average molecular weight is 204 g/mol. The summed E-state index contributed by atoms with van der Waals surface area (Å²) in [6.07, 6.45) is 3.73. The van der Waals surface area contributed by atoms with Crippen molar-refractivity contribution in [2.75, 3.05) is 13.6 Å². The Labute approximate surface area is 83.1 Å². The Morgan fingerprint density at radius 3 is 2.14 bits per heavy atom. The molecule has 14 heavy (non-hydrogen) atoms. The third-order valence-electron chi connectivity index (χ3n) is 2.72. The van der Waals surface area contributed by atoms with E-state index < -0.39 is 5.79 Å². The van der Waals surface area contributed by atoms with Crippen LogP contribution in [0.2, 0.25) is 0 Å². The van der Waals surface area contributed by atoms with Gasteiger partial charge >= 0.3 is 0 Å². The van der Waals surface area contributed by atoms with E-state index in [0.717, 1.165) is 31.6 Å². The molecule has 0 radical (unpaired) electrons. The van der Waals surface area contributed by atoms with E-state index in [1.54, 1.807) is 0 Å². The number of hydrogen-bond donors (Lipinski definition) is 0. The fourth-order valence-electron chi connectivity index (χ4n) is 1.75. The summed E-state index contributed by atoms with van der Waals surface area (Å²) in [4.78, 5) is 20.1. The van der Waals surface area contributed by atoms with E-state index in [9.17, 15) is 0 Å². The lowest BCUT2D eigenvalue weighted by molar-refractivity contribution is -0.559. The summed E-state index contributed by atoms with van der Waals surface area (Å²) >= 11 is 0. The van der Waals surface area contributed by atoms with Gasteiger partial charge in [0.2, 0.25) is 5.79 Å². The van der Waals surface area contributed by atoms with Crippen LogP contribution in [0.5, 0.6) is 0 Å². The fourth-order valence-corrected chi connectivity index (χ4v) is 1.75. The molecule has 0 aromatic carbocycles. The molecule has 0 bridgehead atoms.